The van der Waals surface area contributed by atoms with Gasteiger partial charge in [-0.15, -0.1) is 0 Å². The highest BCUT2D eigenvalue weighted by Crippen LogP contribution is 2.47. The van der Waals surface area contributed by atoms with E-state index in [2.05, 4.69) is 0 Å². The lowest BCUT2D eigenvalue weighted by Crippen LogP contribution is -2.37. The minimum absolute atomic E-state index is 0.133. The van der Waals surface area contributed by atoms with Crippen LogP contribution in [0, 0.1) is 58.8 Å². The number of likely N-dealkylation sites (N-methyl/N-ethyl adjacent to an activating group) is 2. The minimum atomic E-state index is -4.22. The molecule has 0 aromatic heterocycles. The zero-order valence-corrected chi connectivity index (χ0v) is 43.9. The van der Waals surface area contributed by atoms with Crippen molar-refractivity contribution < 1.29 is 68.6 Å². The van der Waals surface area contributed by atoms with Gasteiger partial charge in [-0.05, 0) is 173 Å². The van der Waals surface area contributed by atoms with Gasteiger partial charge in [0.05, 0.1) is 55.5 Å². The van der Waals surface area contributed by atoms with Gasteiger partial charge in [0.15, 0.2) is 23.3 Å². The third kappa shape index (κ3) is 21.2. The van der Waals surface area contributed by atoms with E-state index in [-0.39, 0.29) is 26.4 Å². The highest BCUT2D eigenvalue weighted by Gasteiger charge is 2.33. The molecule has 2 unspecified atom stereocenters. The SMILES string of the molecule is CO.C[N+](C)(C)CCOP(=O)([O-])OCCC1CCC(C2CCC(c3ccc(F)c(F)c3)CC2)CC1.C[N+](C)(C)CCOP(=O)([O-])OCCC1CCC(C2CCC(c3ccc(F)c(F)c3)CC2)CC1. The summed E-state index contributed by atoms with van der Waals surface area (Å²) in [5.41, 5.74) is 1.85. The quantitative estimate of drug-likeness (QED) is 0.0781. The number of phosphoric ester groups is 2. The van der Waals surface area contributed by atoms with E-state index in [0.29, 0.717) is 57.6 Å². The van der Waals surface area contributed by atoms with Crippen molar-refractivity contribution >= 4 is 15.6 Å². The van der Waals surface area contributed by atoms with Crippen molar-refractivity contribution in [1.29, 1.82) is 0 Å². The largest absolute Gasteiger partial charge is 0.756 e. The first-order valence-corrected chi connectivity index (χ1v) is 28.1. The molecule has 11 nitrogen and oxygen atoms in total. The predicted octanol–water partition coefficient (Wildman–Crippen LogP) is 10.9. The van der Waals surface area contributed by atoms with E-state index in [9.17, 15) is 36.5 Å². The van der Waals surface area contributed by atoms with Gasteiger partial charge in [-0.1, -0.05) is 37.8 Å². The number of aliphatic hydroxyl groups excluding tert-OH is 1. The Bertz CT molecular complexity index is 1740. The van der Waals surface area contributed by atoms with Gasteiger partial charge < -0.3 is 42.0 Å². The molecule has 0 amide bonds. The summed E-state index contributed by atoms with van der Waals surface area (Å²) >= 11 is 0. The third-order valence-electron chi connectivity index (χ3n) is 15.1. The molecule has 4 aliphatic carbocycles. The molecule has 4 fully saturated rings. The van der Waals surface area contributed by atoms with Crippen LogP contribution in [-0.4, -0.2) is 103 Å². The average molecular weight is 1010 g/mol. The number of phosphoric acid groups is 2. The molecule has 6 rings (SSSR count). The molecule has 2 aromatic rings. The standard InChI is InChI=1S/2C25H40F2NO4P.CH4O/c2*1-28(2,3)15-17-32-33(29,30)31-16-14-19-4-6-20(7-5-19)21-8-10-22(11-9-21)23-12-13-24(26)25(27)18-23;1-2/h2*12-13,18-22H,4-11,14-17H2,1-3H3;2H,1H3. The van der Waals surface area contributed by atoms with Crippen LogP contribution in [0.15, 0.2) is 36.4 Å². The Morgan fingerprint density at radius 2 is 0.750 bits per heavy atom. The molecule has 2 atom stereocenters. The van der Waals surface area contributed by atoms with E-state index in [0.717, 1.165) is 120 Å². The number of halogens is 4. The number of benzene rings is 2. The van der Waals surface area contributed by atoms with Gasteiger partial charge in [-0.3, -0.25) is 9.13 Å². The molecule has 2 aromatic carbocycles. The van der Waals surface area contributed by atoms with Gasteiger partial charge in [0.1, 0.15) is 26.3 Å². The molecule has 0 radical (unpaired) electrons. The van der Waals surface area contributed by atoms with Gasteiger partial charge in [-0.2, -0.15) is 0 Å². The van der Waals surface area contributed by atoms with Crippen molar-refractivity contribution in [2.45, 2.75) is 127 Å². The normalized spacial score (nSPS) is 27.7. The van der Waals surface area contributed by atoms with Gasteiger partial charge in [0.25, 0.3) is 15.6 Å². The van der Waals surface area contributed by atoms with Crippen LogP contribution < -0.4 is 9.79 Å². The molecule has 1 N–H and O–H groups in total. The Labute approximate surface area is 405 Å². The summed E-state index contributed by atoms with van der Waals surface area (Å²) in [5.74, 6) is 1.48. The number of hydrogen-bond donors (Lipinski definition) is 1. The maximum Gasteiger partial charge on any atom is 0.268 e. The molecule has 0 saturated heterocycles. The Kier molecular flexibility index (Phi) is 24.1. The lowest BCUT2D eigenvalue weighted by Gasteiger charge is -2.38. The van der Waals surface area contributed by atoms with E-state index in [1.165, 1.54) is 49.9 Å². The number of quaternary nitrogens is 2. The zero-order valence-electron chi connectivity index (χ0n) is 42.1. The first-order chi connectivity index (χ1) is 32.0. The molecule has 68 heavy (non-hydrogen) atoms. The van der Waals surface area contributed by atoms with Crippen LogP contribution in [0.1, 0.15) is 139 Å². The van der Waals surface area contributed by atoms with Crippen LogP contribution in [0.25, 0.3) is 0 Å². The van der Waals surface area contributed by atoms with E-state index in [1.807, 2.05) is 42.3 Å². The van der Waals surface area contributed by atoms with Gasteiger partial charge in [-0.25, -0.2) is 17.6 Å². The second kappa shape index (κ2) is 27.9. The third-order valence-corrected chi connectivity index (χ3v) is 17.1. The zero-order chi connectivity index (χ0) is 50.1. The second-order valence-electron chi connectivity index (χ2n) is 22.0. The predicted molar refractivity (Wildman–Crippen MR) is 255 cm³/mol. The van der Waals surface area contributed by atoms with Crippen LogP contribution in [-0.2, 0) is 27.2 Å². The molecular formula is C51H84F4N2O9P2. The summed E-state index contributed by atoms with van der Waals surface area (Å²) in [6, 6.07) is 8.67. The first kappa shape index (κ1) is 58.8. The van der Waals surface area contributed by atoms with Crippen LogP contribution in [0.4, 0.5) is 17.6 Å². The van der Waals surface area contributed by atoms with Gasteiger partial charge >= 0.3 is 0 Å². The fraction of sp³-hybridized carbons (Fsp3) is 0.765. The lowest BCUT2D eigenvalue weighted by molar-refractivity contribution is -0.870. The smallest absolute Gasteiger partial charge is 0.268 e. The fourth-order valence-corrected chi connectivity index (χ4v) is 12.3. The molecule has 0 spiro atoms. The van der Waals surface area contributed by atoms with Crippen molar-refractivity contribution in [3.05, 3.63) is 70.8 Å². The Morgan fingerprint density at radius 1 is 0.471 bits per heavy atom. The monoisotopic (exact) mass is 1010 g/mol. The molecule has 0 aliphatic heterocycles. The minimum Gasteiger partial charge on any atom is -0.756 e. The Balaban J connectivity index is 0.000000286. The van der Waals surface area contributed by atoms with E-state index < -0.39 is 38.9 Å². The maximum absolute atomic E-state index is 13.6. The first-order valence-electron chi connectivity index (χ1n) is 25.2. The summed E-state index contributed by atoms with van der Waals surface area (Å²) in [6.45, 7) is 1.85. The van der Waals surface area contributed by atoms with Crippen molar-refractivity contribution in [3.8, 4) is 0 Å². The fourth-order valence-electron chi connectivity index (χ4n) is 10.9. The second-order valence-corrected chi connectivity index (χ2v) is 24.8. The van der Waals surface area contributed by atoms with Gasteiger partial charge in [0, 0.05) is 7.11 Å². The van der Waals surface area contributed by atoms with Crippen LogP contribution in [0.3, 0.4) is 0 Å². The molecule has 17 heteroatoms. The van der Waals surface area contributed by atoms with E-state index in [4.69, 9.17) is 23.2 Å². The molecular weight excluding hydrogens is 923 g/mol. The summed E-state index contributed by atoms with van der Waals surface area (Å²) in [6.07, 6.45) is 19.4. The summed E-state index contributed by atoms with van der Waals surface area (Å²) < 4.78 is 98.7. The van der Waals surface area contributed by atoms with E-state index in [1.54, 1.807) is 12.1 Å². The number of hydrogen-bond acceptors (Lipinski definition) is 9. The van der Waals surface area contributed by atoms with Crippen molar-refractivity contribution in [2.75, 3.05) is 88.9 Å². The van der Waals surface area contributed by atoms with E-state index >= 15 is 0 Å². The molecule has 390 valence electrons. The maximum atomic E-state index is 13.6. The lowest BCUT2D eigenvalue weighted by atomic mass is 9.68. The number of nitrogens with zero attached hydrogens (tertiary/aromatic N) is 2. The molecule has 0 bridgehead atoms. The number of aliphatic hydroxyl groups is 1. The molecule has 4 aliphatic rings. The molecule has 4 saturated carbocycles. The average Bonchev–Trinajstić information content (AvgIpc) is 3.29. The summed E-state index contributed by atoms with van der Waals surface area (Å²) in [7, 11) is 4.44. The van der Waals surface area contributed by atoms with Gasteiger partial charge in [0.2, 0.25) is 0 Å². The highest BCUT2D eigenvalue weighted by molar-refractivity contribution is 7.46. The Hall–Kier alpha value is -1.74. The topological polar surface area (TPSA) is 137 Å². The molecule has 0 heterocycles. The highest BCUT2D eigenvalue weighted by atomic mass is 31.2. The van der Waals surface area contributed by atoms with Crippen LogP contribution in [0.5, 0.6) is 0 Å². The summed E-state index contributed by atoms with van der Waals surface area (Å²) in [4.78, 5) is 23.8. The van der Waals surface area contributed by atoms with Crippen LogP contribution >= 0.6 is 15.6 Å². The van der Waals surface area contributed by atoms with Crippen molar-refractivity contribution in [3.63, 3.8) is 0 Å². The van der Waals surface area contributed by atoms with Crippen molar-refractivity contribution in [1.82, 2.24) is 0 Å². The van der Waals surface area contributed by atoms with Crippen molar-refractivity contribution in [2.24, 2.45) is 35.5 Å². The summed E-state index contributed by atoms with van der Waals surface area (Å²) in [5, 5.41) is 7.00. The number of rotatable bonds is 20. The Morgan fingerprint density at radius 3 is 1.03 bits per heavy atom. The van der Waals surface area contributed by atoms with Crippen LogP contribution in [0.2, 0.25) is 0 Å².